The molecule has 2 fully saturated rings. The molecule has 4 rings (SSSR count). The van der Waals surface area contributed by atoms with E-state index >= 15 is 0 Å². The molecule has 11 heteroatoms. The Balaban J connectivity index is 1.75. The molecular weight excluding hydrogens is 504 g/mol. The lowest BCUT2D eigenvalue weighted by Gasteiger charge is -2.38. The van der Waals surface area contributed by atoms with Gasteiger partial charge in [-0.15, -0.1) is 0 Å². The Labute approximate surface area is 224 Å². The minimum atomic E-state index is -4.36. The largest absolute Gasteiger partial charge is 0.370 e. The molecule has 2 saturated heterocycles. The maximum Gasteiger partial charge on any atom is 0.247 e. The maximum absolute atomic E-state index is 14.3. The van der Waals surface area contributed by atoms with Gasteiger partial charge in [0.2, 0.25) is 15.9 Å². The van der Waals surface area contributed by atoms with Gasteiger partial charge in [-0.05, 0) is 67.6 Å². The lowest BCUT2D eigenvalue weighted by atomic mass is 9.98. The number of nitrogens with zero attached hydrogens (tertiary/aromatic N) is 3. The zero-order valence-corrected chi connectivity index (χ0v) is 22.5. The first kappa shape index (κ1) is 27.8. The number of nitrogens with one attached hydrogen (secondary N) is 1. The van der Waals surface area contributed by atoms with E-state index in [4.69, 9.17) is 16.9 Å². The van der Waals surface area contributed by atoms with Crippen molar-refractivity contribution < 1.29 is 18.0 Å². The average Bonchev–Trinajstić information content (AvgIpc) is 3.19. The number of fused-ring (bicyclic) bond motifs is 1. The molecule has 1 amide bonds. The molecule has 38 heavy (non-hydrogen) atoms. The van der Waals surface area contributed by atoms with Gasteiger partial charge in [-0.1, -0.05) is 43.2 Å². The molecule has 2 aromatic carbocycles. The molecule has 3 atom stereocenters. The van der Waals surface area contributed by atoms with E-state index in [1.54, 1.807) is 21.9 Å². The number of hydrogen-bond acceptors (Lipinski definition) is 6. The molecule has 2 unspecified atom stereocenters. The molecule has 2 aliphatic rings. The number of sulfonamides is 1. The molecule has 2 aromatic rings. The molecule has 0 spiro atoms. The third-order valence-electron chi connectivity index (χ3n) is 7.73. The van der Waals surface area contributed by atoms with Crippen LogP contribution in [-0.4, -0.2) is 80.4 Å². The van der Waals surface area contributed by atoms with E-state index in [1.807, 2.05) is 30.3 Å². The molecule has 206 valence electrons. The van der Waals surface area contributed by atoms with Crippen molar-refractivity contribution in [1.29, 1.82) is 5.41 Å². The number of anilines is 1. The first-order valence-electron chi connectivity index (χ1n) is 13.3. The highest BCUT2D eigenvalue weighted by Gasteiger charge is 2.44. The number of rotatable bonds is 9. The van der Waals surface area contributed by atoms with E-state index in [0.29, 0.717) is 38.2 Å². The van der Waals surface area contributed by atoms with E-state index in [-0.39, 0.29) is 18.4 Å². The molecule has 5 N–H and O–H groups in total. The molecular formula is C27H38N6O4S. The van der Waals surface area contributed by atoms with Gasteiger partial charge in [0, 0.05) is 19.6 Å². The van der Waals surface area contributed by atoms with Crippen LogP contribution < -0.4 is 15.8 Å². The van der Waals surface area contributed by atoms with Crippen LogP contribution >= 0.6 is 0 Å². The van der Waals surface area contributed by atoms with Crippen molar-refractivity contribution in [1.82, 2.24) is 9.80 Å². The summed E-state index contributed by atoms with van der Waals surface area (Å²) in [5, 5.41) is 8.02. The smallest absolute Gasteiger partial charge is 0.247 e. The molecule has 0 radical (unpaired) electrons. The first-order valence-corrected chi connectivity index (χ1v) is 14.8. The second-order valence-electron chi connectivity index (χ2n) is 10.3. The van der Waals surface area contributed by atoms with Crippen molar-refractivity contribution in [3.63, 3.8) is 0 Å². The van der Waals surface area contributed by atoms with Gasteiger partial charge in [0.25, 0.3) is 0 Å². The lowest BCUT2D eigenvalue weighted by molar-refractivity contribution is -0.125. The van der Waals surface area contributed by atoms with Gasteiger partial charge in [-0.3, -0.25) is 19.4 Å². The van der Waals surface area contributed by atoms with E-state index in [2.05, 4.69) is 0 Å². The number of primary amides is 1. The van der Waals surface area contributed by atoms with Gasteiger partial charge >= 0.3 is 0 Å². The Hall–Kier alpha value is -3.18. The fraction of sp³-hybridized carbons (Fsp3) is 0.519. The van der Waals surface area contributed by atoms with Gasteiger partial charge in [0.1, 0.15) is 12.3 Å². The van der Waals surface area contributed by atoms with Crippen molar-refractivity contribution in [3.8, 4) is 0 Å². The zero-order valence-electron chi connectivity index (χ0n) is 21.7. The fourth-order valence-corrected chi connectivity index (χ4v) is 7.63. The summed E-state index contributed by atoms with van der Waals surface area (Å²) in [5.74, 6) is -0.978. The highest BCUT2D eigenvalue weighted by Crippen LogP contribution is 2.30. The summed E-state index contributed by atoms with van der Waals surface area (Å²) in [6.45, 7) is 2.20. The van der Waals surface area contributed by atoms with E-state index < -0.39 is 27.2 Å². The number of nitrogens with two attached hydrogens (primary N) is 2. The Morgan fingerprint density at radius 1 is 1.03 bits per heavy atom. The van der Waals surface area contributed by atoms with Gasteiger partial charge in [-0.25, -0.2) is 8.42 Å². The summed E-state index contributed by atoms with van der Waals surface area (Å²) >= 11 is 0. The number of carbonyl (C=O) groups is 2. The lowest BCUT2D eigenvalue weighted by Crippen LogP contribution is -2.58. The zero-order chi connectivity index (χ0) is 27.3. The van der Waals surface area contributed by atoms with Crippen molar-refractivity contribution in [2.24, 2.45) is 17.4 Å². The van der Waals surface area contributed by atoms with Crippen molar-refractivity contribution >= 4 is 44.6 Å². The van der Waals surface area contributed by atoms with Crippen molar-refractivity contribution in [3.05, 3.63) is 42.5 Å². The number of aldehydes is 1. The Morgan fingerprint density at radius 3 is 2.34 bits per heavy atom. The average molecular weight is 543 g/mol. The van der Waals surface area contributed by atoms with Gasteiger partial charge in [0.15, 0.2) is 11.2 Å². The molecule has 10 nitrogen and oxygen atoms in total. The van der Waals surface area contributed by atoms with Crippen molar-refractivity contribution in [2.75, 3.05) is 37.0 Å². The van der Waals surface area contributed by atoms with Crippen LogP contribution in [0, 0.1) is 11.3 Å². The highest BCUT2D eigenvalue weighted by atomic mass is 32.2. The normalized spacial score (nSPS) is 20.8. The van der Waals surface area contributed by atoms with Crippen LogP contribution in [0.2, 0.25) is 0 Å². The van der Waals surface area contributed by atoms with E-state index in [0.717, 1.165) is 49.3 Å². The monoisotopic (exact) mass is 542 g/mol. The molecule has 0 saturated carbocycles. The molecule has 2 aliphatic heterocycles. The van der Waals surface area contributed by atoms with Gasteiger partial charge < -0.3 is 21.2 Å². The number of carbonyl (C=O) groups excluding carboxylic acids is 2. The van der Waals surface area contributed by atoms with Crippen LogP contribution in [-0.2, 0) is 19.6 Å². The minimum absolute atomic E-state index is 0.0458. The summed E-state index contributed by atoms with van der Waals surface area (Å²) < 4.78 is 30.0. The first-order chi connectivity index (χ1) is 18.2. The Kier molecular flexibility index (Phi) is 8.88. The Bertz CT molecular complexity index is 1260. The van der Waals surface area contributed by atoms with Gasteiger partial charge in [-0.2, -0.15) is 0 Å². The number of likely N-dealkylation sites (tertiary alicyclic amines) is 2. The maximum atomic E-state index is 14.3. The summed E-state index contributed by atoms with van der Waals surface area (Å²) in [5.41, 5.74) is 11.9. The summed E-state index contributed by atoms with van der Waals surface area (Å²) in [4.78, 5) is 28.7. The summed E-state index contributed by atoms with van der Waals surface area (Å²) in [6, 6.07) is 11.8. The molecule has 0 aromatic heterocycles. The molecule has 0 bridgehead atoms. The van der Waals surface area contributed by atoms with Crippen LogP contribution in [0.15, 0.2) is 42.5 Å². The molecule has 2 heterocycles. The topological polar surface area (TPSA) is 154 Å². The number of guanidine groups is 1. The van der Waals surface area contributed by atoms with Crippen LogP contribution in [0.4, 0.5) is 5.69 Å². The number of hydrogen-bond donors (Lipinski definition) is 3. The Morgan fingerprint density at radius 2 is 1.71 bits per heavy atom. The molecule has 0 aliphatic carbocycles. The van der Waals surface area contributed by atoms with Crippen LogP contribution in [0.25, 0.3) is 10.8 Å². The summed E-state index contributed by atoms with van der Waals surface area (Å²) in [6.07, 6.45) is 5.48. The quantitative estimate of drug-likeness (QED) is 0.248. The predicted octanol–water partition coefficient (Wildman–Crippen LogP) is 1.88. The van der Waals surface area contributed by atoms with Crippen molar-refractivity contribution in [2.45, 2.75) is 49.8 Å². The number of benzene rings is 2. The van der Waals surface area contributed by atoms with E-state index in [9.17, 15) is 18.0 Å². The van der Waals surface area contributed by atoms with Crippen LogP contribution in [0.5, 0.6) is 0 Å². The number of piperidine rings is 1. The second kappa shape index (κ2) is 12.1. The third-order valence-corrected chi connectivity index (χ3v) is 9.76. The SMILES string of the molecule is N=C(N)N1CCC[C@@H](CN(c2ccc3ccccc3c2)S(=O)(=O)C(C=O)C(C(N)=O)N2CCCCCC2)C1. The number of amides is 1. The van der Waals surface area contributed by atoms with Crippen LogP contribution in [0.1, 0.15) is 38.5 Å². The standard InChI is InChI=1S/C27H38N6O4S/c28-26(35)25(31-13-5-1-2-6-14-31)24(19-34)38(36,37)33(18-20-8-7-15-32(17-20)27(29)30)23-12-11-21-9-3-4-10-22(21)16-23/h3-4,9-12,16,19-20,24-25H,1-2,5-8,13-15,17-18H2,(H2,28,35)(H3,29,30)/t20-,24?,25?/m1/s1. The fourth-order valence-electron chi connectivity index (χ4n) is 5.73. The van der Waals surface area contributed by atoms with Crippen LogP contribution in [0.3, 0.4) is 0 Å². The summed E-state index contributed by atoms with van der Waals surface area (Å²) in [7, 11) is -4.36. The third kappa shape index (κ3) is 6.10. The minimum Gasteiger partial charge on any atom is -0.370 e. The second-order valence-corrected chi connectivity index (χ2v) is 12.4. The van der Waals surface area contributed by atoms with Gasteiger partial charge in [0.05, 0.1) is 5.69 Å². The highest BCUT2D eigenvalue weighted by molar-refractivity contribution is 7.94. The predicted molar refractivity (Wildman–Crippen MR) is 149 cm³/mol. The van der Waals surface area contributed by atoms with E-state index in [1.165, 1.54) is 4.31 Å².